The summed E-state index contributed by atoms with van der Waals surface area (Å²) in [4.78, 5) is 38.1. The third-order valence-electron chi connectivity index (χ3n) is 6.19. The summed E-state index contributed by atoms with van der Waals surface area (Å²) in [5.74, 6) is 0.217. The smallest absolute Gasteiger partial charge is 0.260 e. The van der Waals surface area contributed by atoms with Crippen molar-refractivity contribution in [3.63, 3.8) is 0 Å². The van der Waals surface area contributed by atoms with E-state index in [2.05, 4.69) is 30.6 Å². The molecule has 0 bridgehead atoms. The topological polar surface area (TPSA) is 123 Å². The number of carbonyl (C=O) groups excluding carboxylic acids is 2. The summed E-state index contributed by atoms with van der Waals surface area (Å²) >= 11 is 1.42. The van der Waals surface area contributed by atoms with Gasteiger partial charge in [0.15, 0.2) is 0 Å². The van der Waals surface area contributed by atoms with E-state index < -0.39 is 0 Å². The molecule has 0 unspecified atom stereocenters. The first-order valence-electron chi connectivity index (χ1n) is 12.2. The molecule has 0 aliphatic carbocycles. The van der Waals surface area contributed by atoms with Gasteiger partial charge in [-0.05, 0) is 32.9 Å². The number of nitrogens with zero attached hydrogens (tertiary/aromatic N) is 5. The summed E-state index contributed by atoms with van der Waals surface area (Å²) in [6.07, 6.45) is 8.50. The third kappa shape index (κ3) is 5.52. The molecule has 1 aliphatic heterocycles. The number of ether oxygens (including phenoxy) is 2. The fourth-order valence-electron chi connectivity index (χ4n) is 4.55. The van der Waals surface area contributed by atoms with Crippen LogP contribution in [0.3, 0.4) is 0 Å². The SMILES string of the molecule is COc1ccncc1-c1cn2ncc(C(=O)Nc3cc(NC(=O)CN4C[C@H](C)O[C@@H](C)C4)cnc3C)c2s1. The molecule has 0 radical (unpaired) electrons. The molecular weight excluding hydrogens is 506 g/mol. The van der Waals surface area contributed by atoms with Crippen LogP contribution in [0.2, 0.25) is 0 Å². The average molecular weight is 536 g/mol. The van der Waals surface area contributed by atoms with Gasteiger partial charge in [-0.15, -0.1) is 11.3 Å². The molecule has 5 rings (SSSR count). The molecule has 1 fully saturated rings. The van der Waals surface area contributed by atoms with Gasteiger partial charge in [-0.2, -0.15) is 5.10 Å². The van der Waals surface area contributed by atoms with Gasteiger partial charge in [-0.25, -0.2) is 4.52 Å². The molecule has 38 heavy (non-hydrogen) atoms. The predicted octanol–water partition coefficient (Wildman–Crippen LogP) is 3.47. The van der Waals surface area contributed by atoms with Gasteiger partial charge in [0.25, 0.3) is 5.91 Å². The first-order chi connectivity index (χ1) is 18.3. The molecule has 0 aromatic carbocycles. The number of aryl methyl sites for hydroxylation is 1. The monoisotopic (exact) mass is 535 g/mol. The number of nitrogens with one attached hydrogen (secondary N) is 2. The number of thiazole rings is 1. The van der Waals surface area contributed by atoms with Gasteiger partial charge in [0.2, 0.25) is 5.91 Å². The zero-order valence-corrected chi connectivity index (χ0v) is 22.4. The van der Waals surface area contributed by atoms with Gasteiger partial charge >= 0.3 is 0 Å². The molecule has 198 valence electrons. The van der Waals surface area contributed by atoms with Gasteiger partial charge < -0.3 is 20.1 Å². The van der Waals surface area contributed by atoms with E-state index in [-0.39, 0.29) is 30.6 Å². The Labute approximate surface area is 223 Å². The van der Waals surface area contributed by atoms with E-state index in [1.165, 1.54) is 17.5 Å². The fraction of sp³-hybridized carbons (Fsp3) is 0.346. The second-order valence-corrected chi connectivity index (χ2v) is 10.3. The normalized spacial score (nSPS) is 17.9. The largest absolute Gasteiger partial charge is 0.496 e. The highest BCUT2D eigenvalue weighted by Gasteiger charge is 2.24. The van der Waals surface area contributed by atoms with Crippen LogP contribution in [0.5, 0.6) is 5.75 Å². The quantitative estimate of drug-likeness (QED) is 0.369. The molecule has 4 aromatic rings. The molecular formula is C26H29N7O4S. The molecule has 1 saturated heterocycles. The lowest BCUT2D eigenvalue weighted by molar-refractivity contribution is -0.121. The van der Waals surface area contributed by atoms with Crippen LogP contribution in [0.25, 0.3) is 15.3 Å². The highest BCUT2D eigenvalue weighted by atomic mass is 32.1. The van der Waals surface area contributed by atoms with Gasteiger partial charge in [-0.1, -0.05) is 0 Å². The van der Waals surface area contributed by atoms with Crippen molar-refractivity contribution < 1.29 is 19.1 Å². The number of hydrogen-bond acceptors (Lipinski definition) is 9. The van der Waals surface area contributed by atoms with Gasteiger partial charge in [0.1, 0.15) is 10.6 Å². The minimum absolute atomic E-state index is 0.0792. The maximum atomic E-state index is 13.2. The third-order valence-corrected chi connectivity index (χ3v) is 7.33. The maximum absolute atomic E-state index is 13.2. The Morgan fingerprint density at radius 1 is 1.18 bits per heavy atom. The number of fused-ring (bicyclic) bond motifs is 1. The summed E-state index contributed by atoms with van der Waals surface area (Å²) in [5, 5.41) is 10.2. The second-order valence-electron chi connectivity index (χ2n) is 9.29. The Morgan fingerprint density at radius 2 is 1.97 bits per heavy atom. The van der Waals surface area contributed by atoms with Crippen molar-refractivity contribution in [2.75, 3.05) is 37.4 Å². The first-order valence-corrected chi connectivity index (χ1v) is 13.0. The highest BCUT2D eigenvalue weighted by molar-refractivity contribution is 7.21. The Bertz CT molecular complexity index is 1470. The van der Waals surface area contributed by atoms with E-state index in [1.807, 2.05) is 20.0 Å². The van der Waals surface area contributed by atoms with Crippen molar-refractivity contribution in [1.29, 1.82) is 0 Å². The van der Waals surface area contributed by atoms with Crippen molar-refractivity contribution in [3.8, 4) is 16.2 Å². The molecule has 4 aromatic heterocycles. The van der Waals surface area contributed by atoms with Gasteiger partial charge in [0.05, 0.1) is 71.3 Å². The van der Waals surface area contributed by atoms with E-state index in [0.717, 1.165) is 10.4 Å². The molecule has 12 heteroatoms. The van der Waals surface area contributed by atoms with E-state index in [0.29, 0.717) is 46.3 Å². The first kappa shape index (κ1) is 25.8. The number of anilines is 2. The molecule has 0 spiro atoms. The Kier molecular flexibility index (Phi) is 7.36. The number of amides is 2. The van der Waals surface area contributed by atoms with E-state index >= 15 is 0 Å². The van der Waals surface area contributed by atoms with E-state index in [4.69, 9.17) is 9.47 Å². The summed E-state index contributed by atoms with van der Waals surface area (Å²) in [5.41, 5.74) is 2.89. The molecule has 2 atom stereocenters. The van der Waals surface area contributed by atoms with E-state index in [9.17, 15) is 9.59 Å². The molecule has 2 amide bonds. The number of methoxy groups -OCH3 is 1. The van der Waals surface area contributed by atoms with Crippen LogP contribution in [0, 0.1) is 6.92 Å². The Hall–Kier alpha value is -3.87. The Morgan fingerprint density at radius 3 is 2.74 bits per heavy atom. The standard InChI is InChI=1S/C26H29N7O4S/c1-15-11-32(12-16(2)37-15)14-24(34)30-18-7-21(17(3)28-8-18)31-25(35)20-10-29-33-13-23(38-26(20)33)19-9-27-6-5-22(19)36-4/h5-10,13,15-16H,11-12,14H2,1-4H3,(H,30,34)(H,31,35)/t15-,16-/m0/s1. The summed E-state index contributed by atoms with van der Waals surface area (Å²) < 4.78 is 12.8. The Balaban J connectivity index is 1.30. The van der Waals surface area contributed by atoms with Crippen LogP contribution in [0.15, 0.2) is 43.1 Å². The number of carbonyl (C=O) groups is 2. The number of morpholine rings is 1. The number of pyridine rings is 2. The van der Waals surface area contributed by atoms with Crippen molar-refractivity contribution in [2.45, 2.75) is 33.0 Å². The maximum Gasteiger partial charge on any atom is 0.260 e. The second kappa shape index (κ2) is 10.9. The van der Waals surface area contributed by atoms with Crippen molar-refractivity contribution >= 4 is 39.4 Å². The van der Waals surface area contributed by atoms with Crippen molar-refractivity contribution in [1.82, 2.24) is 24.5 Å². The van der Waals surface area contributed by atoms with Crippen molar-refractivity contribution in [2.24, 2.45) is 0 Å². The minimum Gasteiger partial charge on any atom is -0.496 e. The van der Waals surface area contributed by atoms with Crippen LogP contribution in [-0.2, 0) is 9.53 Å². The molecule has 11 nitrogen and oxygen atoms in total. The lowest BCUT2D eigenvalue weighted by Crippen LogP contribution is -2.48. The molecule has 0 saturated carbocycles. The number of aromatic nitrogens is 4. The van der Waals surface area contributed by atoms with Crippen LogP contribution in [0.1, 0.15) is 29.9 Å². The van der Waals surface area contributed by atoms with Crippen LogP contribution in [0.4, 0.5) is 11.4 Å². The zero-order valence-electron chi connectivity index (χ0n) is 21.6. The molecule has 1 aliphatic rings. The average Bonchev–Trinajstić information content (AvgIpc) is 3.46. The van der Waals surface area contributed by atoms with Gasteiger partial charge in [0, 0.05) is 31.7 Å². The van der Waals surface area contributed by atoms with Crippen LogP contribution < -0.4 is 15.4 Å². The van der Waals surface area contributed by atoms with Crippen LogP contribution >= 0.6 is 11.3 Å². The fourth-order valence-corrected chi connectivity index (χ4v) is 5.62. The van der Waals surface area contributed by atoms with Crippen LogP contribution in [-0.4, -0.2) is 75.2 Å². The van der Waals surface area contributed by atoms with Crippen molar-refractivity contribution in [3.05, 3.63) is 54.4 Å². The number of hydrogen-bond donors (Lipinski definition) is 2. The highest BCUT2D eigenvalue weighted by Crippen LogP contribution is 2.35. The summed E-state index contributed by atoms with van der Waals surface area (Å²) in [6.45, 7) is 7.45. The molecule has 2 N–H and O–H groups in total. The summed E-state index contributed by atoms with van der Waals surface area (Å²) in [7, 11) is 1.60. The lowest BCUT2D eigenvalue weighted by Gasteiger charge is -2.34. The number of rotatable bonds is 7. The zero-order chi connectivity index (χ0) is 26.8. The van der Waals surface area contributed by atoms with E-state index in [1.54, 1.807) is 49.3 Å². The summed E-state index contributed by atoms with van der Waals surface area (Å²) in [6, 6.07) is 3.50. The lowest BCUT2D eigenvalue weighted by atomic mass is 10.2. The predicted molar refractivity (Wildman–Crippen MR) is 145 cm³/mol. The minimum atomic E-state index is -0.323. The van der Waals surface area contributed by atoms with Gasteiger partial charge in [-0.3, -0.25) is 24.5 Å². The molecule has 5 heterocycles.